The minimum Gasteiger partial charge on any atom is -0.468 e. The van der Waals surface area contributed by atoms with Crippen molar-refractivity contribution < 1.29 is 9.53 Å². The maximum Gasteiger partial charge on any atom is 0.315 e. The summed E-state index contributed by atoms with van der Waals surface area (Å²) in [6.45, 7) is 0. The standard InChI is InChI=1S/C8H7Cl2NO2S/c1-13-7(12)4-14-8-5(9)2-11-3-6(8)10/h2-3H,4H2,1H3. The third-order valence-corrected chi connectivity index (χ3v) is 3.28. The number of pyridine rings is 1. The molecule has 76 valence electrons. The average molecular weight is 252 g/mol. The Balaban J connectivity index is 2.71. The van der Waals surface area contributed by atoms with Crippen molar-refractivity contribution in [2.24, 2.45) is 0 Å². The number of aromatic nitrogens is 1. The first kappa shape index (κ1) is 11.6. The van der Waals surface area contributed by atoms with E-state index in [1.54, 1.807) is 0 Å². The first-order valence-electron chi connectivity index (χ1n) is 3.63. The molecule has 14 heavy (non-hydrogen) atoms. The van der Waals surface area contributed by atoms with Gasteiger partial charge in [0.15, 0.2) is 0 Å². The molecule has 0 N–H and O–H groups in total. The van der Waals surface area contributed by atoms with Gasteiger partial charge in [-0.25, -0.2) is 0 Å². The molecular weight excluding hydrogens is 245 g/mol. The van der Waals surface area contributed by atoms with E-state index in [4.69, 9.17) is 23.2 Å². The zero-order chi connectivity index (χ0) is 10.6. The maximum absolute atomic E-state index is 10.9. The van der Waals surface area contributed by atoms with Gasteiger partial charge in [-0.3, -0.25) is 9.78 Å². The zero-order valence-corrected chi connectivity index (χ0v) is 9.62. The van der Waals surface area contributed by atoms with Crippen molar-refractivity contribution in [2.75, 3.05) is 12.9 Å². The second kappa shape index (κ2) is 5.44. The summed E-state index contributed by atoms with van der Waals surface area (Å²) in [6.07, 6.45) is 2.96. The van der Waals surface area contributed by atoms with Crippen LogP contribution in [-0.2, 0) is 9.53 Å². The van der Waals surface area contributed by atoms with Gasteiger partial charge in [0.1, 0.15) is 0 Å². The largest absolute Gasteiger partial charge is 0.468 e. The second-order valence-corrected chi connectivity index (χ2v) is 4.10. The Morgan fingerprint density at radius 2 is 2.07 bits per heavy atom. The van der Waals surface area contributed by atoms with Gasteiger partial charge in [-0.15, -0.1) is 11.8 Å². The van der Waals surface area contributed by atoms with Crippen LogP contribution in [0.5, 0.6) is 0 Å². The van der Waals surface area contributed by atoms with Crippen LogP contribution in [0, 0.1) is 0 Å². The molecule has 1 aromatic heterocycles. The Morgan fingerprint density at radius 1 is 1.50 bits per heavy atom. The van der Waals surface area contributed by atoms with E-state index in [1.165, 1.54) is 31.3 Å². The van der Waals surface area contributed by atoms with E-state index in [0.29, 0.717) is 14.9 Å². The van der Waals surface area contributed by atoms with Crippen LogP contribution in [0.25, 0.3) is 0 Å². The van der Waals surface area contributed by atoms with Gasteiger partial charge in [0, 0.05) is 17.3 Å². The van der Waals surface area contributed by atoms with Crippen LogP contribution in [0.3, 0.4) is 0 Å². The number of esters is 1. The molecule has 0 saturated heterocycles. The first-order valence-corrected chi connectivity index (χ1v) is 5.38. The van der Waals surface area contributed by atoms with Gasteiger partial charge in [0.05, 0.1) is 22.9 Å². The van der Waals surface area contributed by atoms with Crippen LogP contribution in [0.15, 0.2) is 17.3 Å². The minimum atomic E-state index is -0.320. The topological polar surface area (TPSA) is 39.2 Å². The fourth-order valence-corrected chi connectivity index (χ4v) is 2.18. The normalized spacial score (nSPS) is 9.93. The van der Waals surface area contributed by atoms with Gasteiger partial charge >= 0.3 is 5.97 Å². The molecule has 0 aliphatic heterocycles. The van der Waals surface area contributed by atoms with Crippen LogP contribution in [0.4, 0.5) is 0 Å². The Labute approximate surface area is 95.8 Å². The smallest absolute Gasteiger partial charge is 0.315 e. The molecule has 0 fully saturated rings. The van der Waals surface area contributed by atoms with E-state index >= 15 is 0 Å². The summed E-state index contributed by atoms with van der Waals surface area (Å²) < 4.78 is 4.49. The van der Waals surface area contributed by atoms with Gasteiger partial charge < -0.3 is 4.74 Å². The van der Waals surface area contributed by atoms with Crippen LogP contribution >= 0.6 is 35.0 Å². The highest BCUT2D eigenvalue weighted by Gasteiger charge is 2.09. The van der Waals surface area contributed by atoms with Gasteiger partial charge in [0.2, 0.25) is 0 Å². The molecule has 0 amide bonds. The molecule has 0 aromatic carbocycles. The maximum atomic E-state index is 10.9. The summed E-state index contributed by atoms with van der Waals surface area (Å²) in [5, 5.41) is 0.873. The van der Waals surface area contributed by atoms with Crippen molar-refractivity contribution in [2.45, 2.75) is 4.90 Å². The molecule has 6 heteroatoms. The molecule has 0 bridgehead atoms. The number of carbonyl (C=O) groups is 1. The lowest BCUT2D eigenvalue weighted by Crippen LogP contribution is -2.03. The van der Waals surface area contributed by atoms with Crippen LogP contribution in [-0.4, -0.2) is 23.8 Å². The second-order valence-electron chi connectivity index (χ2n) is 2.30. The van der Waals surface area contributed by atoms with E-state index in [0.717, 1.165) is 0 Å². The molecule has 3 nitrogen and oxygen atoms in total. The molecule has 1 heterocycles. The quantitative estimate of drug-likeness (QED) is 0.612. The van der Waals surface area contributed by atoms with Crippen LogP contribution in [0.1, 0.15) is 0 Å². The van der Waals surface area contributed by atoms with Crippen molar-refractivity contribution in [3.05, 3.63) is 22.4 Å². The van der Waals surface area contributed by atoms with E-state index < -0.39 is 0 Å². The van der Waals surface area contributed by atoms with Crippen LogP contribution < -0.4 is 0 Å². The lowest BCUT2D eigenvalue weighted by molar-refractivity contribution is -0.137. The SMILES string of the molecule is COC(=O)CSc1c(Cl)cncc1Cl. The molecule has 0 radical (unpaired) electrons. The highest BCUT2D eigenvalue weighted by atomic mass is 35.5. The van der Waals surface area contributed by atoms with E-state index in [-0.39, 0.29) is 11.7 Å². The molecule has 0 atom stereocenters. The molecule has 0 spiro atoms. The molecule has 0 unspecified atom stereocenters. The number of methoxy groups -OCH3 is 1. The Bertz CT molecular complexity index is 326. The Morgan fingerprint density at radius 3 is 2.57 bits per heavy atom. The van der Waals surface area contributed by atoms with Gasteiger partial charge in [-0.1, -0.05) is 23.2 Å². The number of halogens is 2. The molecule has 1 rings (SSSR count). The number of hydrogen-bond acceptors (Lipinski definition) is 4. The fraction of sp³-hybridized carbons (Fsp3) is 0.250. The lowest BCUT2D eigenvalue weighted by atomic mass is 10.5. The van der Waals surface area contributed by atoms with E-state index in [1.807, 2.05) is 0 Å². The third kappa shape index (κ3) is 3.04. The number of hydrogen-bond donors (Lipinski definition) is 0. The molecular formula is C8H7Cl2NO2S. The molecule has 0 aliphatic carbocycles. The van der Waals surface area contributed by atoms with Crippen molar-refractivity contribution >= 4 is 40.9 Å². The number of ether oxygens (including phenoxy) is 1. The highest BCUT2D eigenvalue weighted by molar-refractivity contribution is 8.00. The number of carbonyl (C=O) groups excluding carboxylic acids is 1. The predicted molar refractivity (Wildman–Crippen MR) is 57.0 cm³/mol. The minimum absolute atomic E-state index is 0.181. The Hall–Kier alpha value is -0.450. The predicted octanol–water partition coefficient (Wildman–Crippen LogP) is 2.65. The number of thioether (sulfide) groups is 1. The average Bonchev–Trinajstić information content (AvgIpc) is 2.16. The molecule has 0 saturated carbocycles. The monoisotopic (exact) mass is 251 g/mol. The van der Waals surface area contributed by atoms with Crippen LogP contribution in [0.2, 0.25) is 10.0 Å². The lowest BCUT2D eigenvalue weighted by Gasteiger charge is -2.04. The summed E-state index contributed by atoms with van der Waals surface area (Å²) >= 11 is 12.9. The molecule has 0 aliphatic rings. The first-order chi connectivity index (χ1) is 6.65. The Kier molecular flexibility index (Phi) is 4.51. The van der Waals surface area contributed by atoms with Crippen molar-refractivity contribution in [3.63, 3.8) is 0 Å². The van der Waals surface area contributed by atoms with E-state index in [2.05, 4.69) is 9.72 Å². The highest BCUT2D eigenvalue weighted by Crippen LogP contribution is 2.32. The fourth-order valence-electron chi connectivity index (χ4n) is 0.727. The zero-order valence-electron chi connectivity index (χ0n) is 7.29. The van der Waals surface area contributed by atoms with Crippen molar-refractivity contribution in [3.8, 4) is 0 Å². The molecule has 1 aromatic rings. The summed E-state index contributed by atoms with van der Waals surface area (Å²) in [6, 6.07) is 0. The van der Waals surface area contributed by atoms with Gasteiger partial charge in [0.25, 0.3) is 0 Å². The van der Waals surface area contributed by atoms with Crippen molar-refractivity contribution in [1.82, 2.24) is 4.98 Å². The van der Waals surface area contributed by atoms with E-state index in [9.17, 15) is 4.79 Å². The van der Waals surface area contributed by atoms with Gasteiger partial charge in [-0.05, 0) is 0 Å². The summed E-state index contributed by atoms with van der Waals surface area (Å²) in [5.74, 6) is -0.140. The number of rotatable bonds is 3. The third-order valence-electron chi connectivity index (χ3n) is 1.37. The summed E-state index contributed by atoms with van der Waals surface area (Å²) in [5.41, 5.74) is 0. The summed E-state index contributed by atoms with van der Waals surface area (Å²) in [7, 11) is 1.33. The number of nitrogens with zero attached hydrogens (tertiary/aromatic N) is 1. The van der Waals surface area contributed by atoms with Crippen molar-refractivity contribution in [1.29, 1.82) is 0 Å². The van der Waals surface area contributed by atoms with Gasteiger partial charge in [-0.2, -0.15) is 0 Å². The summed E-state index contributed by atoms with van der Waals surface area (Å²) in [4.78, 5) is 15.3.